The van der Waals surface area contributed by atoms with Crippen molar-refractivity contribution in [3.05, 3.63) is 99.7 Å². The standard InChI is InChI=1S/C30H25F2N5O2/c31-30(32)26-6-4-20(14-33)13-25(26)24-5-7-27(38)37(28(24)30)17-21-2-1-3-22(12-21)29-35-15-23(16-36-29)39-18-19-8-10-34-11-9-19/h1-7,12-13,15-16,19,34H,8-11,17-18H2. The maximum atomic E-state index is 15.6. The van der Waals surface area contributed by atoms with Gasteiger partial charge < -0.3 is 14.6 Å². The minimum absolute atomic E-state index is 0.0536. The van der Waals surface area contributed by atoms with E-state index in [9.17, 15) is 10.1 Å². The molecule has 1 aliphatic heterocycles. The summed E-state index contributed by atoms with van der Waals surface area (Å²) < 4.78 is 38.2. The van der Waals surface area contributed by atoms with E-state index in [1.165, 1.54) is 30.3 Å². The van der Waals surface area contributed by atoms with Gasteiger partial charge in [-0.3, -0.25) is 4.79 Å². The molecule has 0 radical (unpaired) electrons. The van der Waals surface area contributed by atoms with Crippen molar-refractivity contribution >= 4 is 0 Å². The van der Waals surface area contributed by atoms with Crippen LogP contribution in [0.2, 0.25) is 0 Å². The number of rotatable bonds is 6. The van der Waals surface area contributed by atoms with Crippen LogP contribution in [0.15, 0.2) is 71.8 Å². The van der Waals surface area contributed by atoms with Crippen LogP contribution in [0.25, 0.3) is 22.5 Å². The van der Waals surface area contributed by atoms with Crippen molar-refractivity contribution in [1.29, 1.82) is 5.26 Å². The lowest BCUT2D eigenvalue weighted by atomic mass is 9.99. The smallest absolute Gasteiger partial charge is 0.314 e. The molecule has 7 nitrogen and oxygen atoms in total. The zero-order valence-corrected chi connectivity index (χ0v) is 21.0. The molecule has 39 heavy (non-hydrogen) atoms. The average Bonchev–Trinajstić information content (AvgIpc) is 3.20. The first-order valence-electron chi connectivity index (χ1n) is 12.9. The molecule has 1 fully saturated rings. The fraction of sp³-hybridized carbons (Fsp3) is 0.267. The molecule has 9 heteroatoms. The van der Waals surface area contributed by atoms with Crippen LogP contribution in [0.1, 0.15) is 35.2 Å². The Labute approximate surface area is 223 Å². The third-order valence-electron chi connectivity index (χ3n) is 7.36. The van der Waals surface area contributed by atoms with E-state index in [-0.39, 0.29) is 34.5 Å². The number of ether oxygens (including phenoxy) is 1. The number of piperidine rings is 1. The van der Waals surface area contributed by atoms with Crippen LogP contribution in [-0.4, -0.2) is 34.2 Å². The molecule has 196 valence electrons. The van der Waals surface area contributed by atoms with Crippen LogP contribution in [0.3, 0.4) is 0 Å². The van der Waals surface area contributed by atoms with Crippen molar-refractivity contribution in [1.82, 2.24) is 19.9 Å². The average molecular weight is 526 g/mol. The van der Waals surface area contributed by atoms with Crippen LogP contribution >= 0.6 is 0 Å². The van der Waals surface area contributed by atoms with Crippen molar-refractivity contribution in [3.63, 3.8) is 0 Å². The number of alkyl halides is 2. The predicted octanol–water partition coefficient (Wildman–Crippen LogP) is 4.72. The Kier molecular flexibility index (Phi) is 6.41. The van der Waals surface area contributed by atoms with Gasteiger partial charge in [0, 0.05) is 22.8 Å². The molecule has 2 aromatic carbocycles. The summed E-state index contributed by atoms with van der Waals surface area (Å²) in [5.74, 6) is -1.79. The van der Waals surface area contributed by atoms with E-state index in [0.29, 0.717) is 35.2 Å². The maximum absolute atomic E-state index is 15.6. The minimum atomic E-state index is -3.37. The topological polar surface area (TPSA) is 92.8 Å². The van der Waals surface area contributed by atoms with Gasteiger partial charge in [0.15, 0.2) is 11.6 Å². The van der Waals surface area contributed by atoms with Crippen molar-refractivity contribution in [3.8, 4) is 34.3 Å². The van der Waals surface area contributed by atoms with Gasteiger partial charge in [-0.2, -0.15) is 14.0 Å². The molecule has 0 atom stereocenters. The van der Waals surface area contributed by atoms with Crippen LogP contribution in [0.4, 0.5) is 8.78 Å². The number of fused-ring (bicyclic) bond motifs is 3. The summed E-state index contributed by atoms with van der Waals surface area (Å²) in [4.78, 5) is 21.7. The van der Waals surface area contributed by atoms with Crippen LogP contribution in [0, 0.1) is 17.2 Å². The molecule has 2 aliphatic rings. The van der Waals surface area contributed by atoms with E-state index in [2.05, 4.69) is 15.3 Å². The van der Waals surface area contributed by atoms with Crippen molar-refractivity contribution in [2.24, 2.45) is 5.92 Å². The lowest BCUT2D eigenvalue weighted by Gasteiger charge is -2.22. The number of hydrogen-bond donors (Lipinski definition) is 1. The summed E-state index contributed by atoms with van der Waals surface area (Å²) in [6.45, 7) is 2.58. The van der Waals surface area contributed by atoms with Crippen LogP contribution in [0.5, 0.6) is 5.75 Å². The SMILES string of the molecule is N#Cc1ccc2c(c1)-c1ccc(=O)n(Cc3cccc(-c4ncc(OCC5CCNCC5)cn4)c3)c1C2(F)F. The molecule has 2 aromatic heterocycles. The highest BCUT2D eigenvalue weighted by Gasteiger charge is 2.47. The zero-order valence-electron chi connectivity index (χ0n) is 21.0. The van der Waals surface area contributed by atoms with E-state index in [1.807, 2.05) is 12.1 Å². The molecular weight excluding hydrogens is 500 g/mol. The third-order valence-corrected chi connectivity index (χ3v) is 7.36. The summed E-state index contributed by atoms with van der Waals surface area (Å²) in [5, 5.41) is 12.6. The Bertz CT molecular complexity index is 1640. The van der Waals surface area contributed by atoms with E-state index < -0.39 is 11.5 Å². The molecule has 4 aromatic rings. The number of nitrogens with one attached hydrogen (secondary N) is 1. The van der Waals surface area contributed by atoms with E-state index in [1.54, 1.807) is 30.6 Å². The monoisotopic (exact) mass is 525 g/mol. The fourth-order valence-corrected chi connectivity index (χ4v) is 5.32. The molecule has 6 rings (SSSR count). The largest absolute Gasteiger partial charge is 0.490 e. The van der Waals surface area contributed by atoms with Gasteiger partial charge in [0.05, 0.1) is 37.2 Å². The molecular formula is C30H25F2N5O2. The number of hydrogen-bond acceptors (Lipinski definition) is 6. The van der Waals surface area contributed by atoms with Gasteiger partial charge in [0.25, 0.3) is 5.56 Å². The first-order chi connectivity index (χ1) is 18.9. The molecule has 0 bridgehead atoms. The lowest BCUT2D eigenvalue weighted by Crippen LogP contribution is -2.30. The first-order valence-corrected chi connectivity index (χ1v) is 12.9. The molecule has 1 aliphatic carbocycles. The van der Waals surface area contributed by atoms with Crippen molar-refractivity contribution in [2.75, 3.05) is 19.7 Å². The molecule has 0 spiro atoms. The van der Waals surface area contributed by atoms with Crippen molar-refractivity contribution in [2.45, 2.75) is 25.3 Å². The Morgan fingerprint density at radius 2 is 1.85 bits per heavy atom. The summed E-state index contributed by atoms with van der Waals surface area (Å²) in [7, 11) is 0. The maximum Gasteiger partial charge on any atom is 0.314 e. The quantitative estimate of drug-likeness (QED) is 0.392. The van der Waals surface area contributed by atoms with Crippen molar-refractivity contribution < 1.29 is 13.5 Å². The lowest BCUT2D eigenvalue weighted by molar-refractivity contribution is 0.0387. The fourth-order valence-electron chi connectivity index (χ4n) is 5.32. The molecule has 3 heterocycles. The first kappa shape index (κ1) is 24.9. The van der Waals surface area contributed by atoms with Gasteiger partial charge in [-0.05, 0) is 67.2 Å². The predicted molar refractivity (Wildman–Crippen MR) is 142 cm³/mol. The molecule has 0 unspecified atom stereocenters. The number of halogens is 2. The number of nitrogens with zero attached hydrogens (tertiary/aromatic N) is 4. The van der Waals surface area contributed by atoms with Crippen LogP contribution in [-0.2, 0) is 12.5 Å². The summed E-state index contributed by atoms with van der Waals surface area (Å²) in [6.07, 6.45) is 5.44. The molecule has 0 amide bonds. The van der Waals surface area contributed by atoms with Gasteiger partial charge in [-0.25, -0.2) is 9.97 Å². The van der Waals surface area contributed by atoms with E-state index in [4.69, 9.17) is 4.74 Å². The highest BCUT2D eigenvalue weighted by atomic mass is 19.3. The summed E-state index contributed by atoms with van der Waals surface area (Å²) in [5.41, 5.74) is 1.06. The second-order valence-corrected chi connectivity index (χ2v) is 9.91. The second-order valence-electron chi connectivity index (χ2n) is 9.91. The number of benzene rings is 2. The van der Waals surface area contributed by atoms with Gasteiger partial charge in [0.1, 0.15) is 5.69 Å². The number of nitriles is 1. The van der Waals surface area contributed by atoms with Gasteiger partial charge >= 0.3 is 5.92 Å². The minimum Gasteiger partial charge on any atom is -0.490 e. The normalized spacial score (nSPS) is 15.8. The highest BCUT2D eigenvalue weighted by molar-refractivity contribution is 5.79. The Balaban J connectivity index is 1.26. The van der Waals surface area contributed by atoms with E-state index in [0.717, 1.165) is 30.5 Å². The zero-order chi connectivity index (χ0) is 27.0. The molecule has 1 N–H and O–H groups in total. The molecule has 0 saturated carbocycles. The summed E-state index contributed by atoms with van der Waals surface area (Å²) in [6, 6.07) is 16.0. The number of aromatic nitrogens is 3. The van der Waals surface area contributed by atoms with Crippen LogP contribution < -0.4 is 15.6 Å². The van der Waals surface area contributed by atoms with Gasteiger partial charge in [0.2, 0.25) is 0 Å². The third kappa shape index (κ3) is 4.68. The van der Waals surface area contributed by atoms with Gasteiger partial charge in [-0.1, -0.05) is 24.3 Å². The Morgan fingerprint density at radius 1 is 1.05 bits per heavy atom. The number of pyridine rings is 1. The second kappa shape index (κ2) is 10.0. The summed E-state index contributed by atoms with van der Waals surface area (Å²) >= 11 is 0. The van der Waals surface area contributed by atoms with E-state index >= 15 is 8.78 Å². The molecule has 1 saturated heterocycles. The highest BCUT2D eigenvalue weighted by Crippen LogP contribution is 2.50. The van der Waals surface area contributed by atoms with Gasteiger partial charge in [-0.15, -0.1) is 0 Å². The Hall–Kier alpha value is -4.42. The Morgan fingerprint density at radius 3 is 2.62 bits per heavy atom.